The number of nitrogens with one attached hydrogen (secondary N) is 1. The Kier molecular flexibility index (Phi) is 7.50. The molecule has 2 aromatic rings. The molecule has 0 saturated carbocycles. The lowest BCUT2D eigenvalue weighted by Gasteiger charge is -2.17. The van der Waals surface area contributed by atoms with Crippen LogP contribution in [0.15, 0.2) is 53.4 Å². The molecule has 0 saturated heterocycles. The molecule has 0 aliphatic rings. The summed E-state index contributed by atoms with van der Waals surface area (Å²) in [5.41, 5.74) is 0.778. The lowest BCUT2D eigenvalue weighted by Crippen LogP contribution is -2.29. The number of nitrogens with zero attached hydrogens (tertiary/aromatic N) is 1. The molecule has 0 fully saturated rings. The largest absolute Gasteiger partial charge is 0.352 e. The molecule has 1 N–H and O–H groups in total. The molecule has 146 valence electrons. The summed E-state index contributed by atoms with van der Waals surface area (Å²) in [6.45, 7) is 2.68. The fourth-order valence-electron chi connectivity index (χ4n) is 2.59. The lowest BCUT2D eigenvalue weighted by atomic mass is 10.1. The summed E-state index contributed by atoms with van der Waals surface area (Å²) in [4.78, 5) is 12.4. The second kappa shape index (κ2) is 9.62. The number of rotatable bonds is 9. The highest BCUT2D eigenvalue weighted by Gasteiger charge is 2.21. The number of sulfonamides is 1. The summed E-state index contributed by atoms with van der Waals surface area (Å²) in [7, 11) is -2.10. The molecule has 0 unspecified atom stereocenters. The first-order chi connectivity index (χ1) is 12.9. The Morgan fingerprint density at radius 1 is 1.15 bits per heavy atom. The van der Waals surface area contributed by atoms with Gasteiger partial charge in [-0.15, -0.1) is 0 Å². The molecular formula is C20H25FN2O3S. The molecule has 0 aromatic heterocycles. The van der Waals surface area contributed by atoms with Crippen molar-refractivity contribution in [1.82, 2.24) is 9.62 Å². The zero-order chi connectivity index (χ0) is 19.9. The Morgan fingerprint density at radius 2 is 1.89 bits per heavy atom. The smallest absolute Gasteiger partial charge is 0.251 e. The average molecular weight is 392 g/mol. The Labute approximate surface area is 160 Å². The highest BCUT2D eigenvalue weighted by atomic mass is 32.2. The van der Waals surface area contributed by atoms with E-state index < -0.39 is 10.0 Å². The van der Waals surface area contributed by atoms with Gasteiger partial charge >= 0.3 is 0 Å². The predicted octanol–water partition coefficient (Wildman–Crippen LogP) is 3.22. The second-order valence-electron chi connectivity index (χ2n) is 6.31. The van der Waals surface area contributed by atoms with E-state index in [-0.39, 0.29) is 28.7 Å². The van der Waals surface area contributed by atoms with Gasteiger partial charge in [-0.2, -0.15) is 0 Å². The van der Waals surface area contributed by atoms with Crippen LogP contribution in [0.1, 0.15) is 35.7 Å². The zero-order valence-corrected chi connectivity index (χ0v) is 16.4. The van der Waals surface area contributed by atoms with Crippen LogP contribution in [0, 0.1) is 5.82 Å². The fourth-order valence-corrected chi connectivity index (χ4v) is 3.85. The summed E-state index contributed by atoms with van der Waals surface area (Å²) in [5, 5.41) is 2.70. The second-order valence-corrected chi connectivity index (χ2v) is 8.35. The van der Waals surface area contributed by atoms with Crippen LogP contribution in [-0.2, 0) is 16.4 Å². The van der Waals surface area contributed by atoms with Crippen LogP contribution in [-0.4, -0.2) is 38.8 Å². The standard InChI is InChI=1S/C20H25FN2O3S/c1-3-4-14-23(2)27(25,26)18-10-7-9-17(15-18)20(24)22-13-12-16-8-5-6-11-19(16)21/h5-11,15H,3-4,12-14H2,1-2H3,(H,22,24). The van der Waals surface area contributed by atoms with Gasteiger partial charge in [0.05, 0.1) is 4.90 Å². The molecule has 2 rings (SSSR count). The van der Waals surface area contributed by atoms with Gasteiger partial charge in [0.15, 0.2) is 0 Å². The first-order valence-electron chi connectivity index (χ1n) is 8.94. The predicted molar refractivity (Wildman–Crippen MR) is 104 cm³/mol. The Bertz CT molecular complexity index is 884. The van der Waals surface area contributed by atoms with Crippen LogP contribution in [0.3, 0.4) is 0 Å². The minimum absolute atomic E-state index is 0.0860. The number of benzene rings is 2. The number of amides is 1. The summed E-state index contributed by atoms with van der Waals surface area (Å²) >= 11 is 0. The van der Waals surface area contributed by atoms with Crippen LogP contribution in [0.4, 0.5) is 4.39 Å². The van der Waals surface area contributed by atoms with E-state index in [1.807, 2.05) is 6.92 Å². The minimum atomic E-state index is -3.63. The highest BCUT2D eigenvalue weighted by molar-refractivity contribution is 7.89. The van der Waals surface area contributed by atoms with Gasteiger partial charge in [0, 0.05) is 25.7 Å². The molecular weight excluding hydrogens is 367 g/mol. The fraction of sp³-hybridized carbons (Fsp3) is 0.350. The van der Waals surface area contributed by atoms with Gasteiger partial charge in [-0.25, -0.2) is 17.1 Å². The van der Waals surface area contributed by atoms with E-state index >= 15 is 0 Å². The molecule has 0 heterocycles. The summed E-state index contributed by atoms with van der Waals surface area (Å²) in [6.07, 6.45) is 2.02. The maximum Gasteiger partial charge on any atom is 0.251 e. The summed E-state index contributed by atoms with van der Waals surface area (Å²) < 4.78 is 40.1. The maximum absolute atomic E-state index is 13.6. The van der Waals surface area contributed by atoms with Crippen LogP contribution in [0.2, 0.25) is 0 Å². The normalized spacial score (nSPS) is 11.6. The van der Waals surface area contributed by atoms with Gasteiger partial charge in [-0.1, -0.05) is 37.6 Å². The quantitative estimate of drug-likeness (QED) is 0.713. The van der Waals surface area contributed by atoms with Gasteiger partial charge in [0.25, 0.3) is 5.91 Å². The maximum atomic E-state index is 13.6. The van der Waals surface area contributed by atoms with Gasteiger partial charge in [-0.05, 0) is 42.7 Å². The number of hydrogen-bond acceptors (Lipinski definition) is 3. The zero-order valence-electron chi connectivity index (χ0n) is 15.6. The number of hydrogen-bond donors (Lipinski definition) is 1. The molecule has 0 radical (unpaired) electrons. The number of carbonyl (C=O) groups excluding carboxylic acids is 1. The van der Waals surface area contributed by atoms with Crippen molar-refractivity contribution in [3.63, 3.8) is 0 Å². The SMILES string of the molecule is CCCCN(C)S(=O)(=O)c1cccc(C(=O)NCCc2ccccc2F)c1. The third kappa shape index (κ3) is 5.61. The first kappa shape index (κ1) is 21.1. The van der Waals surface area contributed by atoms with Gasteiger partial charge in [0.2, 0.25) is 10.0 Å². The molecule has 5 nitrogen and oxygen atoms in total. The van der Waals surface area contributed by atoms with Crippen molar-refractivity contribution in [3.05, 3.63) is 65.5 Å². The van der Waals surface area contributed by atoms with Gasteiger partial charge < -0.3 is 5.32 Å². The third-order valence-corrected chi connectivity index (χ3v) is 6.12. The Hall–Kier alpha value is -2.25. The van der Waals surface area contributed by atoms with Crippen molar-refractivity contribution in [2.45, 2.75) is 31.1 Å². The van der Waals surface area contributed by atoms with E-state index in [1.165, 1.54) is 29.6 Å². The van der Waals surface area contributed by atoms with Crippen LogP contribution >= 0.6 is 0 Å². The number of carbonyl (C=O) groups is 1. The first-order valence-corrected chi connectivity index (χ1v) is 10.4. The van der Waals surface area contributed by atoms with Crippen LogP contribution in [0.5, 0.6) is 0 Å². The van der Waals surface area contributed by atoms with Crippen molar-refractivity contribution < 1.29 is 17.6 Å². The summed E-state index contributed by atoms with van der Waals surface area (Å²) in [5.74, 6) is -0.699. The van der Waals surface area contributed by atoms with Crippen molar-refractivity contribution >= 4 is 15.9 Å². The Balaban J connectivity index is 2.03. The van der Waals surface area contributed by atoms with Crippen molar-refractivity contribution in [3.8, 4) is 0 Å². The topological polar surface area (TPSA) is 66.5 Å². The molecule has 0 aliphatic heterocycles. The minimum Gasteiger partial charge on any atom is -0.352 e. The van der Waals surface area contributed by atoms with E-state index in [1.54, 1.807) is 30.3 Å². The monoisotopic (exact) mass is 392 g/mol. The van der Waals surface area contributed by atoms with Gasteiger partial charge in [-0.3, -0.25) is 4.79 Å². The molecule has 2 aromatic carbocycles. The molecule has 7 heteroatoms. The van der Waals surface area contributed by atoms with Crippen LogP contribution in [0.25, 0.3) is 0 Å². The summed E-state index contributed by atoms with van der Waals surface area (Å²) in [6, 6.07) is 12.4. The lowest BCUT2D eigenvalue weighted by molar-refractivity contribution is 0.0954. The molecule has 0 atom stereocenters. The van der Waals surface area contributed by atoms with E-state index in [9.17, 15) is 17.6 Å². The van der Waals surface area contributed by atoms with Crippen molar-refractivity contribution in [2.75, 3.05) is 20.1 Å². The van der Waals surface area contributed by atoms with E-state index in [2.05, 4.69) is 5.32 Å². The third-order valence-electron chi connectivity index (χ3n) is 4.27. The van der Waals surface area contributed by atoms with E-state index in [0.717, 1.165) is 12.8 Å². The Morgan fingerprint density at radius 3 is 2.59 bits per heavy atom. The highest BCUT2D eigenvalue weighted by Crippen LogP contribution is 2.16. The molecule has 27 heavy (non-hydrogen) atoms. The molecule has 0 bridgehead atoms. The molecule has 0 aliphatic carbocycles. The average Bonchev–Trinajstić information content (AvgIpc) is 2.67. The van der Waals surface area contributed by atoms with Crippen molar-refractivity contribution in [1.29, 1.82) is 0 Å². The number of halogens is 1. The molecule has 0 spiro atoms. The van der Waals surface area contributed by atoms with E-state index in [4.69, 9.17) is 0 Å². The number of unbranched alkanes of at least 4 members (excludes halogenated alkanes) is 1. The van der Waals surface area contributed by atoms with E-state index in [0.29, 0.717) is 18.5 Å². The van der Waals surface area contributed by atoms with Crippen LogP contribution < -0.4 is 5.32 Å². The molecule has 1 amide bonds. The van der Waals surface area contributed by atoms with Gasteiger partial charge in [0.1, 0.15) is 5.82 Å². The van der Waals surface area contributed by atoms with Crippen molar-refractivity contribution in [2.24, 2.45) is 0 Å².